The summed E-state index contributed by atoms with van der Waals surface area (Å²) in [7, 11) is 4.12. The van der Waals surface area contributed by atoms with Crippen molar-refractivity contribution in [3.05, 3.63) is 48.2 Å². The lowest BCUT2D eigenvalue weighted by Gasteiger charge is -2.46. The second kappa shape index (κ2) is 10.5. The number of piperidine rings is 1. The van der Waals surface area contributed by atoms with Gasteiger partial charge in [0.1, 0.15) is 0 Å². The van der Waals surface area contributed by atoms with Gasteiger partial charge in [-0.05, 0) is 64.0 Å². The molecular formula is C26H37N5O2. The van der Waals surface area contributed by atoms with Crippen LogP contribution in [0.2, 0.25) is 0 Å². The van der Waals surface area contributed by atoms with Crippen molar-refractivity contribution in [2.45, 2.75) is 38.1 Å². The maximum absolute atomic E-state index is 13.1. The number of nitrogens with one attached hydrogen (secondary N) is 1. The molecule has 1 fully saturated rings. The molecule has 0 saturated carbocycles. The third kappa shape index (κ3) is 4.99. The molecule has 33 heavy (non-hydrogen) atoms. The van der Waals surface area contributed by atoms with Crippen LogP contribution in [-0.4, -0.2) is 79.7 Å². The monoisotopic (exact) mass is 451 g/mol. The molecule has 2 aromatic rings. The second-order valence-electron chi connectivity index (χ2n) is 9.43. The summed E-state index contributed by atoms with van der Waals surface area (Å²) in [6, 6.07) is 6.79. The SMILES string of the molecule is C=CCN1C[C@H](C(=O)NCCCN(C)C)C[C@@H]2c3cccc4c3c(cn4OC=NCC)C[C@H]21. The number of carbonyl (C=O) groups excluding carboxylic acids is 1. The molecule has 1 N–H and O–H groups in total. The number of hydrogen-bond acceptors (Lipinski definition) is 5. The number of hydrogen-bond donors (Lipinski definition) is 1. The van der Waals surface area contributed by atoms with E-state index in [4.69, 9.17) is 4.84 Å². The van der Waals surface area contributed by atoms with Gasteiger partial charge < -0.3 is 15.1 Å². The minimum Gasteiger partial charge on any atom is -0.363 e. The predicted octanol–water partition coefficient (Wildman–Crippen LogP) is 2.70. The molecule has 7 nitrogen and oxygen atoms in total. The fraction of sp³-hybridized carbons (Fsp3) is 0.538. The Morgan fingerprint density at radius 2 is 2.24 bits per heavy atom. The second-order valence-corrected chi connectivity index (χ2v) is 9.43. The lowest BCUT2D eigenvalue weighted by atomic mass is 9.72. The Morgan fingerprint density at radius 3 is 3.00 bits per heavy atom. The zero-order chi connectivity index (χ0) is 23.4. The van der Waals surface area contributed by atoms with Gasteiger partial charge in [-0.15, -0.1) is 6.58 Å². The molecule has 1 aliphatic heterocycles. The molecule has 1 aromatic heterocycles. The standard InChI is InChI=1S/C26H37N5O2/c1-5-12-30-16-20(26(32)28-11-8-13-29(3)4)14-22-21-9-7-10-23-25(21)19(15-24(22)30)17-31(23)33-18-27-6-2/h5,7,9-10,17-18,20,22,24H,1,6,8,11-16H2,2-4H3,(H,28,32)/t20-,22-,24-/m1/s1. The van der Waals surface area contributed by atoms with Crippen LogP contribution >= 0.6 is 0 Å². The van der Waals surface area contributed by atoms with Crippen molar-refractivity contribution >= 4 is 23.2 Å². The number of amides is 1. The lowest BCUT2D eigenvalue weighted by molar-refractivity contribution is -0.127. The van der Waals surface area contributed by atoms with E-state index in [2.05, 4.69) is 65.2 Å². The molecule has 1 aliphatic carbocycles. The number of carbonyl (C=O) groups is 1. The Bertz CT molecular complexity index is 1010. The number of nitrogens with zero attached hydrogens (tertiary/aromatic N) is 4. The summed E-state index contributed by atoms with van der Waals surface area (Å²) in [5.74, 6) is 0.473. The molecule has 4 rings (SSSR count). The van der Waals surface area contributed by atoms with E-state index in [0.717, 1.165) is 51.0 Å². The topological polar surface area (TPSA) is 62.1 Å². The average Bonchev–Trinajstić information content (AvgIpc) is 3.16. The van der Waals surface area contributed by atoms with E-state index in [1.807, 2.05) is 17.7 Å². The highest BCUT2D eigenvalue weighted by atomic mass is 16.7. The Hall–Kier alpha value is -2.64. The summed E-state index contributed by atoms with van der Waals surface area (Å²) in [5.41, 5.74) is 3.69. The summed E-state index contributed by atoms with van der Waals surface area (Å²) >= 11 is 0. The van der Waals surface area contributed by atoms with Crippen molar-refractivity contribution in [3.63, 3.8) is 0 Å². The van der Waals surface area contributed by atoms with Crippen LogP contribution in [0.25, 0.3) is 10.9 Å². The summed E-state index contributed by atoms with van der Waals surface area (Å²) in [6.45, 7) is 9.93. The zero-order valence-electron chi connectivity index (χ0n) is 20.2. The largest absolute Gasteiger partial charge is 0.363 e. The van der Waals surface area contributed by atoms with Gasteiger partial charge in [-0.2, -0.15) is 4.73 Å². The van der Waals surface area contributed by atoms with Crippen LogP contribution in [0.3, 0.4) is 0 Å². The van der Waals surface area contributed by atoms with Gasteiger partial charge in [0.25, 0.3) is 0 Å². The third-order valence-corrected chi connectivity index (χ3v) is 6.90. The minimum atomic E-state index is -0.0163. The Kier molecular flexibility index (Phi) is 7.50. The van der Waals surface area contributed by atoms with Gasteiger partial charge in [-0.1, -0.05) is 18.2 Å². The molecule has 2 aliphatic rings. The van der Waals surface area contributed by atoms with Crippen LogP contribution in [-0.2, 0) is 11.2 Å². The molecular weight excluding hydrogens is 414 g/mol. The summed E-state index contributed by atoms with van der Waals surface area (Å²) in [6.07, 6.45) is 8.36. The van der Waals surface area contributed by atoms with Gasteiger partial charge in [0.15, 0.2) is 0 Å². The van der Waals surface area contributed by atoms with E-state index in [9.17, 15) is 4.79 Å². The van der Waals surface area contributed by atoms with E-state index in [-0.39, 0.29) is 11.8 Å². The molecule has 1 aromatic carbocycles. The highest BCUT2D eigenvalue weighted by molar-refractivity contribution is 5.89. The number of aliphatic imine (C=N–C) groups is 1. The first-order valence-electron chi connectivity index (χ1n) is 12.1. The molecule has 1 amide bonds. The Labute approximate surface area is 197 Å². The van der Waals surface area contributed by atoms with Crippen molar-refractivity contribution in [2.24, 2.45) is 10.9 Å². The van der Waals surface area contributed by atoms with Gasteiger partial charge in [0, 0.05) is 49.7 Å². The molecule has 0 spiro atoms. The fourth-order valence-corrected chi connectivity index (χ4v) is 5.44. The first kappa shape index (κ1) is 23.5. The minimum absolute atomic E-state index is 0.0163. The molecule has 3 atom stereocenters. The van der Waals surface area contributed by atoms with Crippen LogP contribution < -0.4 is 10.2 Å². The molecule has 0 bridgehead atoms. The molecule has 178 valence electrons. The maximum Gasteiger partial charge on any atom is 0.224 e. The van der Waals surface area contributed by atoms with Crippen molar-refractivity contribution < 1.29 is 9.63 Å². The molecule has 0 radical (unpaired) electrons. The smallest absolute Gasteiger partial charge is 0.224 e. The van der Waals surface area contributed by atoms with Gasteiger partial charge in [-0.3, -0.25) is 14.7 Å². The lowest BCUT2D eigenvalue weighted by Crippen LogP contribution is -2.53. The van der Waals surface area contributed by atoms with Crippen molar-refractivity contribution in [2.75, 3.05) is 46.8 Å². The van der Waals surface area contributed by atoms with E-state index < -0.39 is 0 Å². The quantitative estimate of drug-likeness (QED) is 0.261. The molecule has 1 saturated heterocycles. The number of benzene rings is 1. The average molecular weight is 452 g/mol. The van der Waals surface area contributed by atoms with Crippen molar-refractivity contribution in [1.29, 1.82) is 0 Å². The first-order chi connectivity index (χ1) is 16.0. The van der Waals surface area contributed by atoms with E-state index in [1.54, 1.807) is 0 Å². The van der Waals surface area contributed by atoms with E-state index in [0.29, 0.717) is 18.5 Å². The zero-order valence-corrected chi connectivity index (χ0v) is 20.2. The molecule has 7 heteroatoms. The molecule has 2 heterocycles. The summed E-state index contributed by atoms with van der Waals surface area (Å²) in [5, 5.41) is 4.46. The maximum atomic E-state index is 13.1. The number of likely N-dealkylation sites (tertiary alicyclic amines) is 1. The van der Waals surface area contributed by atoms with E-state index >= 15 is 0 Å². The van der Waals surface area contributed by atoms with Crippen molar-refractivity contribution in [1.82, 2.24) is 19.8 Å². The number of aromatic nitrogens is 1. The summed E-state index contributed by atoms with van der Waals surface area (Å²) < 4.78 is 1.83. The highest BCUT2D eigenvalue weighted by Gasteiger charge is 2.42. The van der Waals surface area contributed by atoms with Crippen LogP contribution in [0.4, 0.5) is 0 Å². The summed E-state index contributed by atoms with van der Waals surface area (Å²) in [4.78, 5) is 27.7. The predicted molar refractivity (Wildman–Crippen MR) is 134 cm³/mol. The highest BCUT2D eigenvalue weighted by Crippen LogP contribution is 2.45. The Morgan fingerprint density at radius 1 is 1.39 bits per heavy atom. The Balaban J connectivity index is 1.59. The van der Waals surface area contributed by atoms with Crippen LogP contribution in [0, 0.1) is 5.92 Å². The van der Waals surface area contributed by atoms with Crippen molar-refractivity contribution in [3.8, 4) is 0 Å². The number of fused-ring (bicyclic) bond motifs is 2. The number of rotatable bonds is 10. The molecule has 0 unspecified atom stereocenters. The van der Waals surface area contributed by atoms with Crippen LogP contribution in [0.1, 0.15) is 36.8 Å². The fourth-order valence-electron chi connectivity index (χ4n) is 5.44. The van der Waals surface area contributed by atoms with Gasteiger partial charge in [-0.25, -0.2) is 0 Å². The van der Waals surface area contributed by atoms with Gasteiger partial charge in [0.2, 0.25) is 12.3 Å². The third-order valence-electron chi connectivity index (χ3n) is 6.90. The normalized spacial score (nSPS) is 22.6. The van der Waals surface area contributed by atoms with Crippen LogP contribution in [0.15, 0.2) is 42.0 Å². The van der Waals surface area contributed by atoms with Gasteiger partial charge in [0.05, 0.1) is 11.4 Å². The first-order valence-corrected chi connectivity index (χ1v) is 12.1. The van der Waals surface area contributed by atoms with Crippen LogP contribution in [0.5, 0.6) is 0 Å². The van der Waals surface area contributed by atoms with Gasteiger partial charge >= 0.3 is 0 Å². The van der Waals surface area contributed by atoms with E-state index in [1.165, 1.54) is 22.9 Å².